The number of hydrogen-bond acceptors (Lipinski definition) is 2. The van der Waals surface area contributed by atoms with Gasteiger partial charge in [0.15, 0.2) is 0 Å². The average Bonchev–Trinajstić information content (AvgIpc) is 2.37. The van der Waals surface area contributed by atoms with Gasteiger partial charge in [0.1, 0.15) is 0 Å². The summed E-state index contributed by atoms with van der Waals surface area (Å²) >= 11 is 0. The average molecular weight is 276 g/mol. The molecule has 0 aliphatic rings. The van der Waals surface area contributed by atoms with E-state index in [9.17, 15) is 13.2 Å². The van der Waals surface area contributed by atoms with Gasteiger partial charge in [-0.05, 0) is 18.4 Å². The molecular weight excluding hydrogens is 257 g/mol. The lowest BCUT2D eigenvalue weighted by Gasteiger charge is -2.07. The fourth-order valence-corrected chi connectivity index (χ4v) is 1.46. The Bertz CT molecular complexity index is 325. The van der Waals surface area contributed by atoms with Crippen LogP contribution in [0.5, 0.6) is 0 Å². The fraction of sp³-hybridized carbons (Fsp3) is 0.571. The van der Waals surface area contributed by atoms with Gasteiger partial charge in [-0.15, -0.1) is 0 Å². The van der Waals surface area contributed by atoms with Gasteiger partial charge in [-0.2, -0.15) is 13.2 Å². The number of ether oxygens (including phenoxy) is 2. The molecule has 0 aliphatic carbocycles. The van der Waals surface area contributed by atoms with E-state index in [0.717, 1.165) is 12.0 Å². The first kappa shape index (κ1) is 16.0. The number of benzene rings is 1. The van der Waals surface area contributed by atoms with Crippen molar-refractivity contribution in [3.63, 3.8) is 0 Å². The first-order valence-corrected chi connectivity index (χ1v) is 6.34. The van der Waals surface area contributed by atoms with Gasteiger partial charge in [-0.25, -0.2) is 0 Å². The predicted molar refractivity (Wildman–Crippen MR) is 66.8 cm³/mol. The molecule has 2 nitrogen and oxygen atoms in total. The Morgan fingerprint density at radius 1 is 0.842 bits per heavy atom. The van der Waals surface area contributed by atoms with Crippen LogP contribution in [0, 0.1) is 0 Å². The van der Waals surface area contributed by atoms with Crippen molar-refractivity contribution >= 4 is 0 Å². The summed E-state index contributed by atoms with van der Waals surface area (Å²) < 4.78 is 45.7. The molecule has 1 aromatic carbocycles. The molecule has 0 fully saturated rings. The van der Waals surface area contributed by atoms with E-state index in [1.165, 1.54) is 0 Å². The van der Waals surface area contributed by atoms with Crippen molar-refractivity contribution in [1.29, 1.82) is 0 Å². The number of hydrogen-bond donors (Lipinski definition) is 0. The number of halogens is 3. The minimum atomic E-state index is -4.13. The van der Waals surface area contributed by atoms with E-state index in [0.29, 0.717) is 26.2 Å². The number of unbranched alkanes of at least 4 members (excludes halogenated alkanes) is 1. The maximum Gasteiger partial charge on any atom is 0.391 e. The molecule has 0 radical (unpaired) electrons. The Balaban J connectivity index is 1.87. The first-order valence-electron chi connectivity index (χ1n) is 6.34. The van der Waals surface area contributed by atoms with Crippen molar-refractivity contribution in [2.24, 2.45) is 0 Å². The molecule has 0 N–H and O–H groups in total. The Labute approximate surface area is 111 Å². The zero-order valence-electron chi connectivity index (χ0n) is 10.8. The highest BCUT2D eigenvalue weighted by atomic mass is 19.4. The van der Waals surface area contributed by atoms with Gasteiger partial charge in [0, 0.05) is 13.2 Å². The highest BCUT2D eigenvalue weighted by Crippen LogP contribution is 2.18. The maximum absolute atomic E-state index is 11.8. The van der Waals surface area contributed by atoms with E-state index in [1.807, 2.05) is 30.3 Å². The van der Waals surface area contributed by atoms with E-state index in [1.54, 1.807) is 0 Å². The molecule has 19 heavy (non-hydrogen) atoms. The van der Waals surface area contributed by atoms with E-state index < -0.39 is 12.6 Å². The Kier molecular flexibility index (Phi) is 7.52. The van der Waals surface area contributed by atoms with Crippen molar-refractivity contribution in [3.8, 4) is 0 Å². The van der Waals surface area contributed by atoms with E-state index in [-0.39, 0.29) is 6.61 Å². The normalized spacial score (nSPS) is 11.7. The largest absolute Gasteiger partial charge is 0.391 e. The molecule has 0 saturated heterocycles. The van der Waals surface area contributed by atoms with Crippen molar-refractivity contribution in [2.75, 3.05) is 19.8 Å². The monoisotopic (exact) mass is 276 g/mol. The second kappa shape index (κ2) is 8.93. The van der Waals surface area contributed by atoms with Crippen LogP contribution in [-0.4, -0.2) is 26.0 Å². The Morgan fingerprint density at radius 2 is 1.47 bits per heavy atom. The number of alkyl halides is 3. The summed E-state index contributed by atoms with van der Waals surface area (Å²) in [4.78, 5) is 0. The third-order valence-electron chi connectivity index (χ3n) is 2.47. The fourth-order valence-electron chi connectivity index (χ4n) is 1.46. The van der Waals surface area contributed by atoms with Crippen LogP contribution in [0.25, 0.3) is 0 Å². The predicted octanol–water partition coefficient (Wildman–Crippen LogP) is 3.95. The summed E-state index contributed by atoms with van der Waals surface area (Å²) in [7, 11) is 0. The molecule has 0 aliphatic heterocycles. The molecule has 0 amide bonds. The minimum absolute atomic E-state index is 0.256. The SMILES string of the molecule is FC(F)(F)CCOCCCCOCc1ccccc1. The molecule has 0 bridgehead atoms. The lowest BCUT2D eigenvalue weighted by atomic mass is 10.2. The molecular formula is C14H19F3O2. The topological polar surface area (TPSA) is 18.5 Å². The molecule has 0 spiro atoms. The lowest BCUT2D eigenvalue weighted by Crippen LogP contribution is -2.12. The maximum atomic E-state index is 11.8. The van der Waals surface area contributed by atoms with Gasteiger partial charge in [-0.3, -0.25) is 0 Å². The van der Waals surface area contributed by atoms with Crippen molar-refractivity contribution in [2.45, 2.75) is 32.0 Å². The molecule has 0 saturated carbocycles. The van der Waals surface area contributed by atoms with Gasteiger partial charge < -0.3 is 9.47 Å². The summed E-state index contributed by atoms with van der Waals surface area (Å²) in [6.45, 7) is 1.26. The molecule has 5 heteroatoms. The first-order chi connectivity index (χ1) is 9.08. The zero-order chi connectivity index (χ0) is 14.0. The molecule has 0 heterocycles. The van der Waals surface area contributed by atoms with Gasteiger partial charge in [-0.1, -0.05) is 30.3 Å². The summed E-state index contributed by atoms with van der Waals surface area (Å²) in [5.41, 5.74) is 1.11. The summed E-state index contributed by atoms with van der Waals surface area (Å²) in [6, 6.07) is 9.82. The van der Waals surface area contributed by atoms with E-state index in [4.69, 9.17) is 9.47 Å². The molecule has 1 rings (SSSR count). The van der Waals surface area contributed by atoms with Gasteiger partial charge in [0.25, 0.3) is 0 Å². The highest BCUT2D eigenvalue weighted by molar-refractivity contribution is 5.13. The van der Waals surface area contributed by atoms with Crippen LogP contribution in [0.3, 0.4) is 0 Å². The molecule has 0 aromatic heterocycles. The molecule has 108 valence electrons. The molecule has 1 aromatic rings. The third kappa shape index (κ3) is 9.50. The second-order valence-corrected chi connectivity index (χ2v) is 4.22. The van der Waals surface area contributed by atoms with Crippen LogP contribution < -0.4 is 0 Å². The molecule has 0 atom stereocenters. The third-order valence-corrected chi connectivity index (χ3v) is 2.47. The minimum Gasteiger partial charge on any atom is -0.381 e. The van der Waals surface area contributed by atoms with Gasteiger partial charge >= 0.3 is 6.18 Å². The Hall–Kier alpha value is -1.07. The quantitative estimate of drug-likeness (QED) is 0.636. The van der Waals surface area contributed by atoms with Crippen molar-refractivity contribution in [3.05, 3.63) is 35.9 Å². The molecule has 0 unspecified atom stereocenters. The summed E-state index contributed by atoms with van der Waals surface area (Å²) in [5, 5.41) is 0. The second-order valence-electron chi connectivity index (χ2n) is 4.22. The summed E-state index contributed by atoms with van der Waals surface area (Å²) in [6.07, 6.45) is -3.50. The van der Waals surface area contributed by atoms with Crippen LogP contribution in [0.15, 0.2) is 30.3 Å². The highest BCUT2D eigenvalue weighted by Gasteiger charge is 2.26. The van der Waals surface area contributed by atoms with Crippen molar-refractivity contribution in [1.82, 2.24) is 0 Å². The van der Waals surface area contributed by atoms with Crippen molar-refractivity contribution < 1.29 is 22.6 Å². The van der Waals surface area contributed by atoms with Gasteiger partial charge in [0.05, 0.1) is 19.6 Å². The smallest absolute Gasteiger partial charge is 0.381 e. The van der Waals surface area contributed by atoms with Crippen LogP contribution in [-0.2, 0) is 16.1 Å². The van der Waals surface area contributed by atoms with E-state index in [2.05, 4.69) is 0 Å². The number of rotatable bonds is 9. The van der Waals surface area contributed by atoms with Crippen LogP contribution >= 0.6 is 0 Å². The lowest BCUT2D eigenvalue weighted by molar-refractivity contribution is -0.145. The standard InChI is InChI=1S/C14H19F3O2/c15-14(16,17)8-11-18-9-4-5-10-19-12-13-6-2-1-3-7-13/h1-3,6-7H,4-5,8-12H2. The Morgan fingerprint density at radius 3 is 2.11 bits per heavy atom. The summed E-state index contributed by atoms with van der Waals surface area (Å²) in [5.74, 6) is 0. The van der Waals surface area contributed by atoms with Gasteiger partial charge in [0.2, 0.25) is 0 Å². The van der Waals surface area contributed by atoms with Crippen LogP contribution in [0.4, 0.5) is 13.2 Å². The van der Waals surface area contributed by atoms with Crippen LogP contribution in [0.2, 0.25) is 0 Å². The zero-order valence-corrected chi connectivity index (χ0v) is 10.8. The van der Waals surface area contributed by atoms with Crippen LogP contribution in [0.1, 0.15) is 24.8 Å². The van der Waals surface area contributed by atoms with E-state index >= 15 is 0 Å².